The molecule has 0 aromatic heterocycles. The van der Waals surface area contributed by atoms with Crippen LogP contribution in [0.1, 0.15) is 52.9 Å². The lowest BCUT2D eigenvalue weighted by Crippen LogP contribution is -2.56. The number of allylic oxidation sites excluding steroid dienone is 1. The summed E-state index contributed by atoms with van der Waals surface area (Å²) < 4.78 is 6.54. The molecule has 29 heavy (non-hydrogen) atoms. The van der Waals surface area contributed by atoms with Gasteiger partial charge < -0.3 is 4.74 Å². The van der Waals surface area contributed by atoms with E-state index in [1.807, 2.05) is 30.3 Å². The number of carbonyl (C=O) groups excluding carboxylic acids is 1. The van der Waals surface area contributed by atoms with Gasteiger partial charge in [-0.15, -0.1) is 0 Å². The van der Waals surface area contributed by atoms with Gasteiger partial charge in [0.05, 0.1) is 0 Å². The van der Waals surface area contributed by atoms with E-state index >= 15 is 0 Å². The molecule has 0 radical (unpaired) electrons. The first-order valence-electron chi connectivity index (χ1n) is 11.1. The molecule has 1 aromatic carbocycles. The third-order valence-corrected chi connectivity index (χ3v) is 10.5. The van der Waals surface area contributed by atoms with E-state index in [0.717, 1.165) is 29.5 Å². The number of thioether (sulfide) groups is 1. The normalized spacial score (nSPS) is 46.0. The summed E-state index contributed by atoms with van der Waals surface area (Å²) in [5.74, 6) is 3.73. The Morgan fingerprint density at radius 1 is 1.10 bits per heavy atom. The summed E-state index contributed by atoms with van der Waals surface area (Å²) in [5, 5.41) is 1.45. The lowest BCUT2D eigenvalue weighted by atomic mass is 9.47. The van der Waals surface area contributed by atoms with Crippen LogP contribution in [0.5, 0.6) is 5.75 Å². The highest BCUT2D eigenvalue weighted by molar-refractivity contribution is 8.14. The van der Waals surface area contributed by atoms with Crippen LogP contribution in [0.4, 0.5) is 0 Å². The van der Waals surface area contributed by atoms with Crippen molar-refractivity contribution in [1.82, 2.24) is 0 Å². The van der Waals surface area contributed by atoms with Crippen LogP contribution in [0, 0.1) is 34.5 Å². The van der Waals surface area contributed by atoms with Gasteiger partial charge in [-0.2, -0.15) is 0 Å². The fourth-order valence-electron chi connectivity index (χ4n) is 7.36. The number of halogens is 1. The van der Waals surface area contributed by atoms with Crippen LogP contribution in [0.15, 0.2) is 36.4 Å². The van der Waals surface area contributed by atoms with Crippen molar-refractivity contribution in [2.75, 3.05) is 0 Å². The van der Waals surface area contributed by atoms with Crippen LogP contribution < -0.4 is 4.74 Å². The van der Waals surface area contributed by atoms with Crippen molar-refractivity contribution in [2.24, 2.45) is 34.5 Å². The van der Waals surface area contributed by atoms with Gasteiger partial charge in [-0.25, -0.2) is 0 Å². The Balaban J connectivity index is 1.42. The minimum Gasteiger partial charge on any atom is -0.490 e. The topological polar surface area (TPSA) is 26.3 Å². The van der Waals surface area contributed by atoms with Gasteiger partial charge in [0.15, 0.2) is 0 Å². The second kappa shape index (κ2) is 7.05. The fraction of sp³-hybridized carbons (Fsp3) is 0.640. The maximum atomic E-state index is 12.0. The monoisotopic (exact) mass is 430 g/mol. The summed E-state index contributed by atoms with van der Waals surface area (Å²) in [4.78, 5) is 12.0. The lowest BCUT2D eigenvalue weighted by molar-refractivity contribution is -0.108. The van der Waals surface area contributed by atoms with E-state index < -0.39 is 0 Å². The molecule has 1 aromatic rings. The molecular weight excluding hydrogens is 400 g/mol. The molecule has 1 heterocycles. The molecule has 4 aliphatic rings. The van der Waals surface area contributed by atoms with E-state index in [-0.39, 0.29) is 22.0 Å². The average molecular weight is 431 g/mol. The molecule has 0 saturated heterocycles. The van der Waals surface area contributed by atoms with Crippen LogP contribution >= 0.6 is 23.4 Å². The molecular formula is C25H31ClO2S. The Morgan fingerprint density at radius 2 is 1.86 bits per heavy atom. The van der Waals surface area contributed by atoms with Crippen molar-refractivity contribution in [1.29, 1.82) is 0 Å². The Labute approximate surface area is 183 Å². The zero-order chi connectivity index (χ0) is 20.4. The Hall–Kier alpha value is -0.930. The summed E-state index contributed by atoms with van der Waals surface area (Å²) in [5.41, 5.74) is 0.395. The van der Waals surface area contributed by atoms with Crippen molar-refractivity contribution in [3.05, 3.63) is 41.4 Å². The third-order valence-electron chi connectivity index (χ3n) is 8.91. The van der Waals surface area contributed by atoms with E-state index in [0.29, 0.717) is 23.0 Å². The van der Waals surface area contributed by atoms with E-state index in [9.17, 15) is 4.79 Å². The zero-order valence-electron chi connectivity index (χ0n) is 17.6. The van der Waals surface area contributed by atoms with Gasteiger partial charge >= 0.3 is 0 Å². The first-order valence-corrected chi connectivity index (χ1v) is 12.4. The highest BCUT2D eigenvalue weighted by atomic mass is 35.5. The second-order valence-electron chi connectivity index (χ2n) is 10.3. The first-order chi connectivity index (χ1) is 13.8. The van der Waals surface area contributed by atoms with Crippen LogP contribution in [-0.2, 0) is 4.79 Å². The summed E-state index contributed by atoms with van der Waals surface area (Å²) in [6.07, 6.45) is 10.4. The molecule has 156 valence electrons. The fourth-order valence-corrected chi connectivity index (χ4v) is 8.82. The lowest BCUT2D eigenvalue weighted by Gasteiger charge is -2.60. The number of hydrogen-bond acceptors (Lipinski definition) is 3. The quantitative estimate of drug-likeness (QED) is 0.517. The van der Waals surface area contributed by atoms with Gasteiger partial charge in [0.1, 0.15) is 11.9 Å². The van der Waals surface area contributed by atoms with Gasteiger partial charge in [0, 0.05) is 21.1 Å². The van der Waals surface area contributed by atoms with Gasteiger partial charge in [0.2, 0.25) is 5.12 Å². The van der Waals surface area contributed by atoms with Crippen LogP contribution in [-0.4, -0.2) is 16.5 Å². The number of ether oxygens (including phenoxy) is 1. The standard InChI is InChI=1S/C25H31ClO2S/c1-15-14-21-25(3,13-11-22(27)29-21)19-10-12-24(2)18(23(15)19)8-9-20(24)28-17-6-4-16(26)5-7-17/h4-7,11,13,15,18-21,23H,8-10,12,14H2,1-3H3/t15-,18-,19-,20-,21+,23-,24-,25+/m0/s1. The van der Waals surface area contributed by atoms with Crippen LogP contribution in [0.2, 0.25) is 5.02 Å². The highest BCUT2D eigenvalue weighted by Gasteiger charge is 2.62. The largest absolute Gasteiger partial charge is 0.490 e. The maximum Gasteiger partial charge on any atom is 0.212 e. The molecule has 0 amide bonds. The SMILES string of the molecule is C[C@H]1C[C@H]2SC(=O)C=C[C@]2(C)[C@H]2CC[C@]3(C)[C@@H](Oc4ccc(Cl)cc4)CC[C@H]3[C@H]12. The van der Waals surface area contributed by atoms with Crippen molar-refractivity contribution in [3.63, 3.8) is 0 Å². The summed E-state index contributed by atoms with van der Waals surface area (Å²) in [6.45, 7) is 7.35. The summed E-state index contributed by atoms with van der Waals surface area (Å²) >= 11 is 7.65. The van der Waals surface area contributed by atoms with Crippen molar-refractivity contribution in [2.45, 2.75) is 64.2 Å². The Kier molecular flexibility index (Phi) is 4.86. The van der Waals surface area contributed by atoms with Crippen molar-refractivity contribution in [3.8, 4) is 5.75 Å². The van der Waals surface area contributed by atoms with Gasteiger partial charge in [-0.1, -0.05) is 50.2 Å². The average Bonchev–Trinajstić information content (AvgIpc) is 3.01. The first kappa shape index (κ1) is 20.0. The molecule has 0 spiro atoms. The van der Waals surface area contributed by atoms with Crippen molar-refractivity contribution < 1.29 is 9.53 Å². The predicted octanol–water partition coefficient (Wildman–Crippen LogP) is 6.77. The maximum absolute atomic E-state index is 12.0. The predicted molar refractivity (Wildman–Crippen MR) is 120 cm³/mol. The van der Waals surface area contributed by atoms with Gasteiger partial charge in [0.25, 0.3) is 0 Å². The van der Waals surface area contributed by atoms with E-state index in [2.05, 4.69) is 26.8 Å². The molecule has 1 aliphatic heterocycles. The van der Waals surface area contributed by atoms with E-state index in [1.165, 1.54) is 19.3 Å². The summed E-state index contributed by atoms with van der Waals surface area (Å²) in [6, 6.07) is 7.84. The smallest absolute Gasteiger partial charge is 0.212 e. The number of benzene rings is 1. The van der Waals surface area contributed by atoms with Gasteiger partial charge in [-0.3, -0.25) is 4.79 Å². The molecule has 5 rings (SSSR count). The number of fused-ring (bicyclic) bond motifs is 5. The third kappa shape index (κ3) is 3.10. The molecule has 8 atom stereocenters. The molecule has 0 N–H and O–H groups in total. The van der Waals surface area contributed by atoms with Crippen molar-refractivity contribution >= 4 is 28.5 Å². The molecule has 3 fully saturated rings. The second-order valence-corrected chi connectivity index (χ2v) is 12.0. The Morgan fingerprint density at radius 3 is 2.62 bits per heavy atom. The summed E-state index contributed by atoms with van der Waals surface area (Å²) in [7, 11) is 0. The molecule has 4 heteroatoms. The molecule has 3 saturated carbocycles. The highest BCUT2D eigenvalue weighted by Crippen LogP contribution is 2.66. The van der Waals surface area contributed by atoms with E-state index in [4.69, 9.17) is 16.3 Å². The minimum absolute atomic E-state index is 0.159. The molecule has 0 bridgehead atoms. The number of rotatable bonds is 2. The Bertz CT molecular complexity index is 836. The van der Waals surface area contributed by atoms with E-state index in [1.54, 1.807) is 11.8 Å². The number of hydrogen-bond donors (Lipinski definition) is 0. The van der Waals surface area contributed by atoms with Crippen LogP contribution in [0.3, 0.4) is 0 Å². The minimum atomic E-state index is 0.159. The van der Waals surface area contributed by atoms with Gasteiger partial charge in [-0.05, 0) is 86.1 Å². The molecule has 2 nitrogen and oxygen atoms in total. The zero-order valence-corrected chi connectivity index (χ0v) is 19.1. The van der Waals surface area contributed by atoms with Crippen LogP contribution in [0.25, 0.3) is 0 Å². The molecule has 0 unspecified atom stereocenters. The molecule has 3 aliphatic carbocycles. The number of carbonyl (C=O) groups is 1.